The molecule has 0 aliphatic heterocycles. The van der Waals surface area contributed by atoms with Gasteiger partial charge in [0.15, 0.2) is 5.65 Å². The number of aromatic nitrogens is 4. The maximum absolute atomic E-state index is 6.05. The highest BCUT2D eigenvalue weighted by molar-refractivity contribution is 5.77. The Hall–Kier alpha value is -1.52. The van der Waals surface area contributed by atoms with Crippen LogP contribution in [0.4, 0.5) is 5.95 Å². The van der Waals surface area contributed by atoms with Gasteiger partial charge in [-0.25, -0.2) is 9.67 Å². The van der Waals surface area contributed by atoms with Crippen LogP contribution in [0.5, 0.6) is 0 Å². The van der Waals surface area contributed by atoms with E-state index in [1.807, 2.05) is 11.6 Å². The second-order valence-electron chi connectivity index (χ2n) is 5.38. The maximum Gasteiger partial charge on any atom is 0.202 e. The van der Waals surface area contributed by atoms with Gasteiger partial charge in [-0.1, -0.05) is 20.8 Å². The Morgan fingerprint density at radius 2 is 1.94 bits per heavy atom. The fourth-order valence-electron chi connectivity index (χ4n) is 2.14. The zero-order chi connectivity index (χ0) is 13.4. The number of rotatable bonds is 4. The van der Waals surface area contributed by atoms with Crippen molar-refractivity contribution in [1.29, 1.82) is 0 Å². The summed E-state index contributed by atoms with van der Waals surface area (Å²) in [6.07, 6.45) is 0. The van der Waals surface area contributed by atoms with Crippen LogP contribution < -0.4 is 5.73 Å². The molecule has 1 atom stereocenters. The number of hydrogen-bond acceptors (Lipinski definition) is 3. The largest absolute Gasteiger partial charge is 0.369 e. The van der Waals surface area contributed by atoms with E-state index in [2.05, 4.69) is 42.3 Å². The predicted octanol–water partition coefficient (Wildman–Crippen LogP) is 2.44. The lowest BCUT2D eigenvalue weighted by Gasteiger charge is -2.17. The maximum atomic E-state index is 6.05. The van der Waals surface area contributed by atoms with Crippen molar-refractivity contribution >= 4 is 17.1 Å². The van der Waals surface area contributed by atoms with Gasteiger partial charge < -0.3 is 5.73 Å². The van der Waals surface area contributed by atoms with E-state index in [9.17, 15) is 0 Å². The minimum atomic E-state index is 0.560. The summed E-state index contributed by atoms with van der Waals surface area (Å²) in [5.41, 5.74) is 8.99. The molecular weight excluding hydrogens is 226 g/mol. The monoisotopic (exact) mass is 249 g/mol. The molecule has 2 aromatic rings. The van der Waals surface area contributed by atoms with Crippen LogP contribution in [0.15, 0.2) is 0 Å². The number of imidazole rings is 1. The lowest BCUT2D eigenvalue weighted by molar-refractivity contribution is 0.368. The second-order valence-corrected chi connectivity index (χ2v) is 5.38. The second kappa shape index (κ2) is 4.63. The SMILES string of the molecule is CCn1nc(C)c2nc(N)n(CC(C)C(C)C)c21. The summed E-state index contributed by atoms with van der Waals surface area (Å²) in [6.45, 7) is 12.5. The van der Waals surface area contributed by atoms with Crippen LogP contribution in [0.2, 0.25) is 0 Å². The van der Waals surface area contributed by atoms with Crippen LogP contribution in [0.1, 0.15) is 33.4 Å². The molecule has 5 nitrogen and oxygen atoms in total. The van der Waals surface area contributed by atoms with Gasteiger partial charge in [0.1, 0.15) is 5.52 Å². The third-order valence-corrected chi connectivity index (χ3v) is 3.74. The van der Waals surface area contributed by atoms with Crippen molar-refractivity contribution in [3.05, 3.63) is 5.69 Å². The number of nitrogens with two attached hydrogens (primary N) is 1. The lowest BCUT2D eigenvalue weighted by Crippen LogP contribution is -2.16. The van der Waals surface area contributed by atoms with E-state index in [0.717, 1.165) is 29.9 Å². The van der Waals surface area contributed by atoms with Gasteiger partial charge in [0, 0.05) is 13.1 Å². The third kappa shape index (κ3) is 1.98. The molecule has 0 bridgehead atoms. The van der Waals surface area contributed by atoms with Crippen LogP contribution in [-0.2, 0) is 13.1 Å². The van der Waals surface area contributed by atoms with E-state index in [-0.39, 0.29) is 0 Å². The van der Waals surface area contributed by atoms with Crippen LogP contribution in [-0.4, -0.2) is 19.3 Å². The highest BCUT2D eigenvalue weighted by Crippen LogP contribution is 2.24. The minimum absolute atomic E-state index is 0.560. The van der Waals surface area contributed by atoms with E-state index >= 15 is 0 Å². The van der Waals surface area contributed by atoms with Crippen molar-refractivity contribution in [3.63, 3.8) is 0 Å². The van der Waals surface area contributed by atoms with E-state index < -0.39 is 0 Å². The van der Waals surface area contributed by atoms with Crippen molar-refractivity contribution < 1.29 is 0 Å². The molecule has 0 fully saturated rings. The van der Waals surface area contributed by atoms with Crippen molar-refractivity contribution in [2.24, 2.45) is 11.8 Å². The molecule has 1 unspecified atom stereocenters. The predicted molar refractivity (Wildman–Crippen MR) is 74.3 cm³/mol. The first-order valence-electron chi connectivity index (χ1n) is 6.64. The van der Waals surface area contributed by atoms with Crippen molar-refractivity contribution in [2.45, 2.75) is 47.7 Å². The van der Waals surface area contributed by atoms with E-state index in [4.69, 9.17) is 5.73 Å². The molecule has 2 N–H and O–H groups in total. The Morgan fingerprint density at radius 3 is 2.50 bits per heavy atom. The number of nitrogens with zero attached hydrogens (tertiary/aromatic N) is 4. The van der Waals surface area contributed by atoms with E-state index in [0.29, 0.717) is 17.8 Å². The van der Waals surface area contributed by atoms with Crippen LogP contribution >= 0.6 is 0 Å². The molecule has 2 heterocycles. The Kier molecular flexibility index (Phi) is 3.32. The number of aryl methyl sites for hydroxylation is 2. The molecule has 100 valence electrons. The Balaban J connectivity index is 2.51. The molecular formula is C13H23N5. The van der Waals surface area contributed by atoms with Gasteiger partial charge in [-0.2, -0.15) is 5.10 Å². The van der Waals surface area contributed by atoms with Gasteiger partial charge in [0.25, 0.3) is 0 Å². The fraction of sp³-hybridized carbons (Fsp3) is 0.692. The summed E-state index contributed by atoms with van der Waals surface area (Å²) in [6, 6.07) is 0. The summed E-state index contributed by atoms with van der Waals surface area (Å²) in [4.78, 5) is 4.45. The number of anilines is 1. The quantitative estimate of drug-likeness (QED) is 0.905. The molecule has 0 aliphatic rings. The number of hydrogen-bond donors (Lipinski definition) is 1. The summed E-state index contributed by atoms with van der Waals surface area (Å²) < 4.78 is 4.09. The first-order valence-corrected chi connectivity index (χ1v) is 6.64. The van der Waals surface area contributed by atoms with Gasteiger partial charge in [0.2, 0.25) is 5.95 Å². The fourth-order valence-corrected chi connectivity index (χ4v) is 2.14. The smallest absolute Gasteiger partial charge is 0.202 e. The van der Waals surface area contributed by atoms with Gasteiger partial charge in [-0.15, -0.1) is 0 Å². The molecule has 2 aromatic heterocycles. The zero-order valence-corrected chi connectivity index (χ0v) is 11.9. The normalized spacial score (nSPS) is 13.7. The Morgan fingerprint density at radius 1 is 1.28 bits per heavy atom. The number of nitrogen functional groups attached to an aromatic ring is 1. The highest BCUT2D eigenvalue weighted by atomic mass is 15.4. The molecule has 0 amide bonds. The van der Waals surface area contributed by atoms with E-state index in [1.165, 1.54) is 0 Å². The van der Waals surface area contributed by atoms with Gasteiger partial charge in [0.05, 0.1) is 5.69 Å². The molecule has 5 heteroatoms. The van der Waals surface area contributed by atoms with Crippen LogP contribution in [0.3, 0.4) is 0 Å². The average Bonchev–Trinajstić information content (AvgIpc) is 2.78. The molecule has 18 heavy (non-hydrogen) atoms. The molecule has 0 aliphatic carbocycles. The third-order valence-electron chi connectivity index (χ3n) is 3.74. The standard InChI is InChI=1S/C13H23N5/c1-6-18-12-11(10(5)16-18)15-13(14)17(12)7-9(4)8(2)3/h8-9H,6-7H2,1-5H3,(H2,14,15). The van der Waals surface area contributed by atoms with Gasteiger partial charge in [-0.05, 0) is 25.7 Å². The van der Waals surface area contributed by atoms with Crippen molar-refractivity contribution in [3.8, 4) is 0 Å². The van der Waals surface area contributed by atoms with Gasteiger partial charge >= 0.3 is 0 Å². The van der Waals surface area contributed by atoms with Crippen LogP contribution in [0.25, 0.3) is 11.2 Å². The average molecular weight is 249 g/mol. The minimum Gasteiger partial charge on any atom is -0.369 e. The zero-order valence-electron chi connectivity index (χ0n) is 11.9. The summed E-state index contributed by atoms with van der Waals surface area (Å²) in [7, 11) is 0. The summed E-state index contributed by atoms with van der Waals surface area (Å²) >= 11 is 0. The highest BCUT2D eigenvalue weighted by Gasteiger charge is 2.19. The molecule has 0 aromatic carbocycles. The first kappa shape index (κ1) is 12.9. The van der Waals surface area contributed by atoms with Crippen molar-refractivity contribution in [2.75, 3.05) is 5.73 Å². The topological polar surface area (TPSA) is 61.7 Å². The molecule has 2 rings (SSSR count). The van der Waals surface area contributed by atoms with E-state index in [1.54, 1.807) is 0 Å². The lowest BCUT2D eigenvalue weighted by atomic mass is 9.98. The van der Waals surface area contributed by atoms with Crippen molar-refractivity contribution in [1.82, 2.24) is 19.3 Å². The van der Waals surface area contributed by atoms with Gasteiger partial charge in [-0.3, -0.25) is 4.57 Å². The Labute approximate surface area is 108 Å². The summed E-state index contributed by atoms with van der Waals surface area (Å²) in [5, 5.41) is 4.50. The van der Waals surface area contributed by atoms with Crippen LogP contribution in [0, 0.1) is 18.8 Å². The summed E-state index contributed by atoms with van der Waals surface area (Å²) in [5.74, 6) is 1.78. The molecule has 0 saturated heterocycles. The number of fused-ring (bicyclic) bond motifs is 1. The molecule has 0 spiro atoms. The first-order chi connectivity index (χ1) is 8.45. The Bertz CT molecular complexity index is 549. The molecule has 0 saturated carbocycles. The molecule has 0 radical (unpaired) electrons.